The van der Waals surface area contributed by atoms with Gasteiger partial charge in [0.25, 0.3) is 0 Å². The molecule has 1 aromatic rings. The van der Waals surface area contributed by atoms with E-state index in [-0.39, 0.29) is 5.97 Å². The second kappa shape index (κ2) is 16.0. The predicted molar refractivity (Wildman–Crippen MR) is 126 cm³/mol. The first-order valence-electron chi connectivity index (χ1n) is 12.3. The average Bonchev–Trinajstić information content (AvgIpc) is 3.59. The van der Waals surface area contributed by atoms with Gasteiger partial charge in [0, 0.05) is 6.42 Å². The third-order valence-electron chi connectivity index (χ3n) is 5.75. The number of carbonyl (C=O) groups is 1. The molecule has 0 spiro atoms. The lowest BCUT2D eigenvalue weighted by Gasteiger charge is -2.06. The van der Waals surface area contributed by atoms with Crippen molar-refractivity contribution in [3.05, 3.63) is 35.9 Å². The molecule has 3 nitrogen and oxygen atoms in total. The Bertz CT molecular complexity index is 587. The van der Waals surface area contributed by atoms with Gasteiger partial charge in [0.15, 0.2) is 0 Å². The number of rotatable bonds is 18. The van der Waals surface area contributed by atoms with E-state index in [1.807, 2.05) is 36.4 Å². The zero-order chi connectivity index (χ0) is 21.3. The Hall–Kier alpha value is -1.77. The minimum Gasteiger partial charge on any atom is -0.494 e. The van der Waals surface area contributed by atoms with E-state index in [9.17, 15) is 4.79 Å². The Morgan fingerprint density at radius 2 is 1.57 bits per heavy atom. The van der Waals surface area contributed by atoms with Crippen molar-refractivity contribution in [1.82, 2.24) is 0 Å². The van der Waals surface area contributed by atoms with Crippen LogP contribution in [0.1, 0.15) is 102 Å². The number of ether oxygens (including phenoxy) is 2. The van der Waals surface area contributed by atoms with E-state index in [0.717, 1.165) is 36.7 Å². The molecule has 0 heterocycles. The molecule has 1 aliphatic carbocycles. The van der Waals surface area contributed by atoms with Gasteiger partial charge in [-0.25, -0.2) is 0 Å². The Morgan fingerprint density at radius 1 is 0.933 bits per heavy atom. The van der Waals surface area contributed by atoms with E-state index < -0.39 is 0 Å². The Labute approximate surface area is 184 Å². The topological polar surface area (TPSA) is 35.5 Å². The number of hydrogen-bond donors (Lipinski definition) is 0. The maximum Gasteiger partial charge on any atom is 0.306 e. The summed E-state index contributed by atoms with van der Waals surface area (Å²) < 4.78 is 11.1. The van der Waals surface area contributed by atoms with Crippen LogP contribution in [0.3, 0.4) is 0 Å². The number of hydrogen-bond acceptors (Lipinski definition) is 3. The monoisotopic (exact) mass is 414 g/mol. The summed E-state index contributed by atoms with van der Waals surface area (Å²) in [6.45, 7) is 3.41. The second-order valence-electron chi connectivity index (χ2n) is 8.67. The Kier molecular flexibility index (Phi) is 13.1. The van der Waals surface area contributed by atoms with Crippen molar-refractivity contribution in [3.63, 3.8) is 0 Å². The summed E-state index contributed by atoms with van der Waals surface area (Å²) in [5.74, 6) is 1.62. The zero-order valence-electron chi connectivity index (χ0n) is 19.1. The lowest BCUT2D eigenvalue weighted by molar-refractivity contribution is -0.142. The number of benzene rings is 1. The molecule has 1 aromatic carbocycles. The van der Waals surface area contributed by atoms with Gasteiger partial charge in [-0.3, -0.25) is 4.79 Å². The normalized spacial score (nSPS) is 13.6. The van der Waals surface area contributed by atoms with Gasteiger partial charge in [-0.2, -0.15) is 0 Å². The molecular weight excluding hydrogens is 372 g/mol. The van der Waals surface area contributed by atoms with Crippen molar-refractivity contribution in [2.45, 2.75) is 96.8 Å². The first-order valence-corrected chi connectivity index (χ1v) is 12.3. The molecular formula is C27H42O3. The summed E-state index contributed by atoms with van der Waals surface area (Å²) in [4.78, 5) is 11.6. The molecule has 0 aliphatic heterocycles. The summed E-state index contributed by atoms with van der Waals surface area (Å²) in [6, 6.07) is 8.10. The van der Waals surface area contributed by atoms with Crippen LogP contribution in [0.4, 0.5) is 0 Å². The molecule has 0 N–H and O–H groups in total. The van der Waals surface area contributed by atoms with Gasteiger partial charge in [-0.15, -0.1) is 0 Å². The molecule has 1 fully saturated rings. The van der Waals surface area contributed by atoms with Gasteiger partial charge in [0.2, 0.25) is 0 Å². The van der Waals surface area contributed by atoms with Crippen molar-refractivity contribution < 1.29 is 14.3 Å². The van der Waals surface area contributed by atoms with Crippen LogP contribution < -0.4 is 4.74 Å². The fourth-order valence-electron chi connectivity index (χ4n) is 3.58. The molecule has 3 heteroatoms. The maximum atomic E-state index is 11.6. The van der Waals surface area contributed by atoms with Crippen molar-refractivity contribution in [2.75, 3.05) is 13.2 Å². The van der Waals surface area contributed by atoms with Crippen molar-refractivity contribution in [1.29, 1.82) is 0 Å². The van der Waals surface area contributed by atoms with E-state index in [4.69, 9.17) is 9.47 Å². The van der Waals surface area contributed by atoms with Crippen LogP contribution in [0.5, 0.6) is 5.75 Å². The van der Waals surface area contributed by atoms with Gasteiger partial charge < -0.3 is 9.47 Å². The van der Waals surface area contributed by atoms with Crippen molar-refractivity contribution in [3.8, 4) is 5.75 Å². The highest BCUT2D eigenvalue weighted by Crippen LogP contribution is 2.33. The molecule has 2 rings (SSSR count). The van der Waals surface area contributed by atoms with Crippen LogP contribution >= 0.6 is 0 Å². The van der Waals surface area contributed by atoms with E-state index in [0.29, 0.717) is 13.0 Å². The minimum absolute atomic E-state index is 0.0812. The molecule has 0 amide bonds. The van der Waals surface area contributed by atoms with Crippen LogP contribution in [0, 0.1) is 5.92 Å². The molecule has 0 bridgehead atoms. The van der Waals surface area contributed by atoms with Gasteiger partial charge in [0.1, 0.15) is 12.4 Å². The predicted octanol–water partition coefficient (Wildman–Crippen LogP) is 7.73. The number of carbonyl (C=O) groups excluding carboxylic acids is 1. The second-order valence-corrected chi connectivity index (χ2v) is 8.67. The molecule has 0 aromatic heterocycles. The van der Waals surface area contributed by atoms with Crippen LogP contribution in [-0.4, -0.2) is 19.2 Å². The molecule has 30 heavy (non-hydrogen) atoms. The lowest BCUT2D eigenvalue weighted by Crippen LogP contribution is -2.04. The summed E-state index contributed by atoms with van der Waals surface area (Å²) in [7, 11) is 0. The SMILES string of the molecule is CCCCCCCCCCCCOc1ccc(C=CCOC(=O)CCC2CC2)cc1. The highest BCUT2D eigenvalue weighted by molar-refractivity contribution is 5.69. The van der Waals surface area contributed by atoms with E-state index >= 15 is 0 Å². The van der Waals surface area contributed by atoms with E-state index in [2.05, 4.69) is 6.92 Å². The maximum absolute atomic E-state index is 11.6. The van der Waals surface area contributed by atoms with Crippen molar-refractivity contribution in [2.24, 2.45) is 5.92 Å². The molecule has 168 valence electrons. The number of esters is 1. The van der Waals surface area contributed by atoms with Gasteiger partial charge in [-0.05, 0) is 42.5 Å². The third-order valence-corrected chi connectivity index (χ3v) is 5.75. The fourth-order valence-corrected chi connectivity index (χ4v) is 3.58. The lowest BCUT2D eigenvalue weighted by atomic mass is 10.1. The molecule has 1 saturated carbocycles. The van der Waals surface area contributed by atoms with Gasteiger partial charge >= 0.3 is 5.97 Å². The van der Waals surface area contributed by atoms with Crippen LogP contribution in [0.15, 0.2) is 30.3 Å². The largest absolute Gasteiger partial charge is 0.494 e. The standard InChI is InChI=1S/C27H42O3/c1-2-3-4-5-6-7-8-9-10-11-22-29-26-19-16-24(17-20-26)13-12-23-30-27(28)21-18-25-14-15-25/h12-13,16-17,19-20,25H,2-11,14-15,18,21-23H2,1H3. The summed E-state index contributed by atoms with van der Waals surface area (Å²) >= 11 is 0. The van der Waals surface area contributed by atoms with Crippen LogP contribution in [-0.2, 0) is 9.53 Å². The summed E-state index contributed by atoms with van der Waals surface area (Å²) in [5, 5.41) is 0. The van der Waals surface area contributed by atoms with E-state index in [1.54, 1.807) is 0 Å². The van der Waals surface area contributed by atoms with Crippen LogP contribution in [0.25, 0.3) is 6.08 Å². The van der Waals surface area contributed by atoms with Gasteiger partial charge in [0.05, 0.1) is 6.61 Å². The average molecular weight is 415 g/mol. The first kappa shape index (κ1) is 24.5. The molecule has 0 unspecified atom stereocenters. The minimum atomic E-state index is -0.0812. The zero-order valence-corrected chi connectivity index (χ0v) is 19.1. The Morgan fingerprint density at radius 3 is 2.20 bits per heavy atom. The first-order chi connectivity index (χ1) is 14.8. The van der Waals surface area contributed by atoms with Crippen LogP contribution in [0.2, 0.25) is 0 Å². The third kappa shape index (κ3) is 12.7. The Balaban J connectivity index is 1.44. The highest BCUT2D eigenvalue weighted by atomic mass is 16.5. The van der Waals surface area contributed by atoms with Crippen molar-refractivity contribution >= 4 is 12.0 Å². The summed E-state index contributed by atoms with van der Waals surface area (Å²) in [5.41, 5.74) is 1.09. The molecule has 0 radical (unpaired) electrons. The number of unbranched alkanes of at least 4 members (excludes halogenated alkanes) is 9. The van der Waals surface area contributed by atoms with E-state index in [1.165, 1.54) is 70.6 Å². The smallest absolute Gasteiger partial charge is 0.306 e. The molecule has 0 saturated heterocycles. The van der Waals surface area contributed by atoms with Gasteiger partial charge in [-0.1, -0.05) is 95.8 Å². The highest BCUT2D eigenvalue weighted by Gasteiger charge is 2.21. The fraction of sp³-hybridized carbons (Fsp3) is 0.667. The summed E-state index contributed by atoms with van der Waals surface area (Å²) in [6.07, 6.45) is 21.4. The molecule has 1 aliphatic rings. The quantitative estimate of drug-likeness (QED) is 0.182. The molecule has 0 atom stereocenters.